The van der Waals surface area contributed by atoms with E-state index in [1.54, 1.807) is 31.4 Å². The second-order valence-electron chi connectivity index (χ2n) is 7.99. The minimum atomic E-state index is -0.406. The van der Waals surface area contributed by atoms with E-state index >= 15 is 0 Å². The molecule has 1 N–H and O–H groups in total. The van der Waals surface area contributed by atoms with Crippen LogP contribution in [-0.2, 0) is 13.0 Å². The van der Waals surface area contributed by atoms with Gasteiger partial charge in [-0.1, -0.05) is 29.8 Å². The summed E-state index contributed by atoms with van der Waals surface area (Å²) >= 11 is 6.36. The van der Waals surface area contributed by atoms with Gasteiger partial charge in [-0.2, -0.15) is 0 Å². The first-order valence-electron chi connectivity index (χ1n) is 10.5. The number of nitrogens with one attached hydrogen (secondary N) is 1. The average molecular weight is 440 g/mol. The first kappa shape index (κ1) is 21.4. The lowest BCUT2D eigenvalue weighted by atomic mass is 9.90. The maximum absolute atomic E-state index is 12.5. The number of benzene rings is 2. The van der Waals surface area contributed by atoms with E-state index in [1.165, 1.54) is 6.07 Å². The fourth-order valence-electron chi connectivity index (χ4n) is 4.18. The Balaban J connectivity index is 1.38. The molecule has 7 heteroatoms. The Morgan fingerprint density at radius 2 is 1.81 bits per heavy atom. The van der Waals surface area contributed by atoms with Gasteiger partial charge in [0, 0.05) is 23.3 Å². The number of para-hydroxylation sites is 1. The number of likely N-dealkylation sites (tertiary alicyclic amines) is 1. The Hall–Kier alpha value is -2.83. The molecule has 3 aromatic rings. The number of halogens is 1. The third-order valence-corrected chi connectivity index (χ3v) is 6.23. The van der Waals surface area contributed by atoms with Gasteiger partial charge in [0.2, 0.25) is 0 Å². The van der Waals surface area contributed by atoms with Crippen molar-refractivity contribution in [2.24, 2.45) is 5.92 Å². The molecule has 31 heavy (non-hydrogen) atoms. The van der Waals surface area contributed by atoms with Gasteiger partial charge in [-0.05, 0) is 74.2 Å². The van der Waals surface area contributed by atoms with Gasteiger partial charge in [-0.25, -0.2) is 9.36 Å². The molecule has 0 saturated carbocycles. The Morgan fingerprint density at radius 1 is 1.06 bits per heavy atom. The molecule has 1 aromatic heterocycles. The number of H-pyrrole nitrogens is 1. The molecule has 1 aliphatic heterocycles. The SMILES string of the molecule is COc1ccc(Cl)c(CC2CCN(Cc3cc(=O)n(-c4ccccc4)c(=O)[nH]3)CC2)c1. The van der Waals surface area contributed by atoms with Gasteiger partial charge in [0.15, 0.2) is 0 Å². The summed E-state index contributed by atoms with van der Waals surface area (Å²) in [6.45, 7) is 2.39. The van der Waals surface area contributed by atoms with Crippen LogP contribution in [0.4, 0.5) is 0 Å². The van der Waals surface area contributed by atoms with Gasteiger partial charge in [-0.3, -0.25) is 9.69 Å². The summed E-state index contributed by atoms with van der Waals surface area (Å²) in [6, 6.07) is 16.3. The molecule has 0 atom stereocenters. The summed E-state index contributed by atoms with van der Waals surface area (Å²) in [4.78, 5) is 30.2. The molecule has 162 valence electrons. The van der Waals surface area contributed by atoms with Crippen molar-refractivity contribution < 1.29 is 4.74 Å². The zero-order valence-electron chi connectivity index (χ0n) is 17.5. The molecule has 0 unspecified atom stereocenters. The topological polar surface area (TPSA) is 67.3 Å². The Morgan fingerprint density at radius 3 is 2.48 bits per heavy atom. The van der Waals surface area contributed by atoms with Crippen LogP contribution in [0.5, 0.6) is 5.75 Å². The minimum absolute atomic E-state index is 0.312. The Labute approximate surface area is 186 Å². The molecular formula is C24H26ClN3O3. The van der Waals surface area contributed by atoms with Crippen LogP contribution in [-0.4, -0.2) is 34.7 Å². The van der Waals surface area contributed by atoms with Crippen LogP contribution in [0.3, 0.4) is 0 Å². The summed E-state index contributed by atoms with van der Waals surface area (Å²) in [7, 11) is 1.66. The zero-order chi connectivity index (χ0) is 21.8. The predicted molar refractivity (Wildman–Crippen MR) is 122 cm³/mol. The monoisotopic (exact) mass is 439 g/mol. The second-order valence-corrected chi connectivity index (χ2v) is 8.40. The largest absolute Gasteiger partial charge is 0.497 e. The molecule has 2 heterocycles. The fraction of sp³-hybridized carbons (Fsp3) is 0.333. The summed E-state index contributed by atoms with van der Waals surface area (Å²) in [5.41, 5.74) is 1.62. The number of hydrogen-bond acceptors (Lipinski definition) is 4. The van der Waals surface area contributed by atoms with Crippen molar-refractivity contribution in [3.8, 4) is 11.4 Å². The van der Waals surface area contributed by atoms with E-state index in [4.69, 9.17) is 16.3 Å². The molecular weight excluding hydrogens is 414 g/mol. The number of piperidine rings is 1. The van der Waals surface area contributed by atoms with Crippen LogP contribution in [0.1, 0.15) is 24.1 Å². The number of nitrogens with zero attached hydrogens (tertiary/aromatic N) is 2. The summed E-state index contributed by atoms with van der Waals surface area (Å²) in [6.07, 6.45) is 3.01. The quantitative estimate of drug-likeness (QED) is 0.636. The smallest absolute Gasteiger partial charge is 0.333 e. The molecule has 1 aliphatic rings. The third-order valence-electron chi connectivity index (χ3n) is 5.87. The van der Waals surface area contributed by atoms with Crippen molar-refractivity contribution in [2.45, 2.75) is 25.8 Å². The molecule has 4 rings (SSSR count). The van der Waals surface area contributed by atoms with Gasteiger partial charge in [0.25, 0.3) is 5.56 Å². The van der Waals surface area contributed by atoms with E-state index in [2.05, 4.69) is 9.88 Å². The fourth-order valence-corrected chi connectivity index (χ4v) is 4.38. The lowest BCUT2D eigenvalue weighted by molar-refractivity contribution is 0.175. The van der Waals surface area contributed by atoms with Gasteiger partial charge in [0.05, 0.1) is 12.8 Å². The van der Waals surface area contributed by atoms with Crippen molar-refractivity contribution in [3.05, 3.63) is 91.7 Å². The van der Waals surface area contributed by atoms with Crippen LogP contribution in [0.2, 0.25) is 5.02 Å². The molecule has 1 saturated heterocycles. The Bertz CT molecular complexity index is 1120. The van der Waals surface area contributed by atoms with Gasteiger partial charge in [-0.15, -0.1) is 0 Å². The Kier molecular flexibility index (Phi) is 6.59. The molecule has 6 nitrogen and oxygen atoms in total. The molecule has 0 bridgehead atoms. The molecule has 0 radical (unpaired) electrons. The highest BCUT2D eigenvalue weighted by atomic mass is 35.5. The maximum atomic E-state index is 12.5. The summed E-state index contributed by atoms with van der Waals surface area (Å²) in [5, 5.41) is 0.778. The molecule has 2 aromatic carbocycles. The van der Waals surface area contributed by atoms with Crippen molar-refractivity contribution >= 4 is 11.6 Å². The average Bonchev–Trinajstić information content (AvgIpc) is 2.77. The summed E-state index contributed by atoms with van der Waals surface area (Å²) in [5.74, 6) is 1.37. The van der Waals surface area contributed by atoms with Crippen LogP contribution >= 0.6 is 11.6 Å². The normalized spacial score (nSPS) is 15.2. The zero-order valence-corrected chi connectivity index (χ0v) is 18.3. The highest BCUT2D eigenvalue weighted by Gasteiger charge is 2.21. The van der Waals surface area contributed by atoms with Gasteiger partial charge < -0.3 is 9.72 Å². The minimum Gasteiger partial charge on any atom is -0.497 e. The van der Waals surface area contributed by atoms with E-state index in [9.17, 15) is 9.59 Å². The lowest BCUT2D eigenvalue weighted by Gasteiger charge is -2.32. The third kappa shape index (κ3) is 5.09. The van der Waals surface area contributed by atoms with Crippen LogP contribution in [0.15, 0.2) is 64.2 Å². The van der Waals surface area contributed by atoms with Gasteiger partial charge >= 0.3 is 5.69 Å². The molecule has 1 fully saturated rings. The predicted octanol–water partition coefficient (Wildman–Crippen LogP) is 3.64. The van der Waals surface area contributed by atoms with E-state index in [-0.39, 0.29) is 5.56 Å². The van der Waals surface area contributed by atoms with E-state index in [1.807, 2.05) is 24.3 Å². The number of ether oxygens (including phenoxy) is 1. The van der Waals surface area contributed by atoms with Crippen LogP contribution in [0.25, 0.3) is 5.69 Å². The summed E-state index contributed by atoms with van der Waals surface area (Å²) < 4.78 is 6.48. The molecule has 0 spiro atoms. The van der Waals surface area contributed by atoms with Crippen molar-refractivity contribution in [3.63, 3.8) is 0 Å². The van der Waals surface area contributed by atoms with E-state index in [0.29, 0.717) is 23.8 Å². The second kappa shape index (κ2) is 9.54. The van der Waals surface area contributed by atoms with Crippen molar-refractivity contribution in [2.75, 3.05) is 20.2 Å². The van der Waals surface area contributed by atoms with Crippen LogP contribution < -0.4 is 16.0 Å². The molecule has 0 amide bonds. The first-order chi connectivity index (χ1) is 15.0. The first-order valence-corrected chi connectivity index (χ1v) is 10.9. The van der Waals surface area contributed by atoms with Gasteiger partial charge in [0.1, 0.15) is 5.75 Å². The van der Waals surface area contributed by atoms with E-state index in [0.717, 1.165) is 53.3 Å². The lowest BCUT2D eigenvalue weighted by Crippen LogP contribution is -2.38. The van der Waals surface area contributed by atoms with Crippen molar-refractivity contribution in [1.29, 1.82) is 0 Å². The number of aromatic nitrogens is 2. The number of methoxy groups -OCH3 is 1. The van der Waals surface area contributed by atoms with Crippen molar-refractivity contribution in [1.82, 2.24) is 14.5 Å². The maximum Gasteiger partial charge on any atom is 0.333 e. The van der Waals surface area contributed by atoms with E-state index < -0.39 is 5.69 Å². The number of aromatic amines is 1. The van der Waals surface area contributed by atoms with Crippen LogP contribution in [0, 0.1) is 5.92 Å². The number of hydrogen-bond donors (Lipinski definition) is 1. The highest BCUT2D eigenvalue weighted by molar-refractivity contribution is 6.31. The number of rotatable bonds is 6. The standard InChI is InChI=1S/C24H26ClN3O3/c1-31-21-7-8-22(25)18(14-21)13-17-9-11-27(12-10-17)16-19-15-23(29)28(24(30)26-19)20-5-3-2-4-6-20/h2-8,14-15,17H,9-13,16H2,1H3,(H,26,30). The molecule has 0 aliphatic carbocycles. The highest BCUT2D eigenvalue weighted by Crippen LogP contribution is 2.28.